The summed E-state index contributed by atoms with van der Waals surface area (Å²) in [5.74, 6) is 1.48. The van der Waals surface area contributed by atoms with E-state index < -0.39 is 8.07 Å². The van der Waals surface area contributed by atoms with Gasteiger partial charge in [0.25, 0.3) is 0 Å². The minimum Gasteiger partial charge on any atom is -0.501 e. The first kappa shape index (κ1) is 37.6. The van der Waals surface area contributed by atoms with Crippen LogP contribution in [0.5, 0.6) is 0 Å². The summed E-state index contributed by atoms with van der Waals surface area (Å²) in [5, 5.41) is 3.78. The second-order valence-corrected chi connectivity index (χ2v) is 20.5. The molecule has 3 aromatic heterocycles. The van der Waals surface area contributed by atoms with Crippen molar-refractivity contribution in [3.8, 4) is 33.6 Å². The first-order valence-corrected chi connectivity index (χ1v) is 22.1. The Bertz CT molecular complexity index is 2230. The predicted molar refractivity (Wildman–Crippen MR) is 217 cm³/mol. The summed E-state index contributed by atoms with van der Waals surface area (Å²) in [6.45, 7) is 11.8. The summed E-state index contributed by atoms with van der Waals surface area (Å²) in [6, 6.07) is 42.3. The topological polar surface area (TPSA) is 38.9 Å². The van der Waals surface area contributed by atoms with Crippen LogP contribution in [0.2, 0.25) is 19.6 Å². The first-order valence-electron chi connectivity index (χ1n) is 18.6. The van der Waals surface area contributed by atoms with Crippen molar-refractivity contribution >= 4 is 35.2 Å². The molecule has 0 N–H and O–H groups in total. The van der Waals surface area contributed by atoms with Gasteiger partial charge in [0.2, 0.25) is 0 Å². The molecule has 0 bridgehead atoms. The average molecular weight is 877 g/mol. The van der Waals surface area contributed by atoms with Gasteiger partial charge in [-0.25, -0.2) is 0 Å². The van der Waals surface area contributed by atoms with Gasteiger partial charge in [-0.3, -0.25) is 0 Å². The molecule has 1 fully saturated rings. The smallest absolute Gasteiger partial charge is 0.120 e. The molecule has 3 nitrogen and oxygen atoms in total. The van der Waals surface area contributed by atoms with Crippen LogP contribution in [0.3, 0.4) is 0 Å². The summed E-state index contributed by atoms with van der Waals surface area (Å²) in [7, 11) is -1.35. The third kappa shape index (κ3) is 8.55. The van der Waals surface area contributed by atoms with Crippen LogP contribution in [0.25, 0.3) is 55.6 Å². The summed E-state index contributed by atoms with van der Waals surface area (Å²) < 4.78 is 6.35. The number of aromatic nitrogens is 2. The van der Waals surface area contributed by atoms with Gasteiger partial charge in [0.1, 0.15) is 5.58 Å². The van der Waals surface area contributed by atoms with E-state index in [0.717, 1.165) is 67.9 Å². The molecule has 1 aliphatic rings. The number of furan rings is 1. The monoisotopic (exact) mass is 877 g/mol. The second kappa shape index (κ2) is 16.7. The molecule has 0 spiro atoms. The Labute approximate surface area is 324 Å². The van der Waals surface area contributed by atoms with E-state index in [0.29, 0.717) is 5.92 Å². The zero-order valence-electron chi connectivity index (χ0n) is 31.0. The Balaban J connectivity index is 0.000000182. The fraction of sp³-hybridized carbons (Fsp3) is 0.277. The van der Waals surface area contributed by atoms with E-state index in [-0.39, 0.29) is 20.1 Å². The second-order valence-electron chi connectivity index (χ2n) is 15.5. The maximum Gasteiger partial charge on any atom is 0.120 e. The van der Waals surface area contributed by atoms with Crippen molar-refractivity contribution in [2.45, 2.75) is 72.0 Å². The predicted octanol–water partition coefficient (Wildman–Crippen LogP) is 12.1. The van der Waals surface area contributed by atoms with Gasteiger partial charge in [0.05, 0.1) is 13.7 Å². The molecule has 52 heavy (non-hydrogen) atoms. The van der Waals surface area contributed by atoms with E-state index in [9.17, 15) is 0 Å². The zero-order valence-corrected chi connectivity index (χ0v) is 34.4. The molecule has 4 aromatic carbocycles. The van der Waals surface area contributed by atoms with Crippen LogP contribution in [0.15, 0.2) is 120 Å². The van der Waals surface area contributed by atoms with E-state index in [1.165, 1.54) is 37.7 Å². The van der Waals surface area contributed by atoms with Crippen molar-refractivity contribution in [1.82, 2.24) is 9.97 Å². The standard InChI is InChI=1S/C27H22NO.C20H26NSi.Ir/c1-18(2)16-19-14-15-28-24(17-19)22-13-12-21(20-8-4-3-5-9-20)26-23-10-6-7-11-25(23)29-27(22)26;1-22(2,3)20-15-21-19(17-11-5-4-6-12-17)14-18(20)13-16-9-7-8-10-16;/h3-12,14-15,17-18H,16H2,1-2H3;4-6,11,14-16H,7-10,13H2,1-3H3;/q2*-1;. The molecule has 0 unspecified atom stereocenters. The third-order valence-corrected chi connectivity index (χ3v) is 12.1. The molecule has 1 saturated carbocycles. The van der Waals surface area contributed by atoms with Crippen LogP contribution in [0, 0.1) is 24.0 Å². The molecule has 1 radical (unpaired) electrons. The summed E-state index contributed by atoms with van der Waals surface area (Å²) in [4.78, 5) is 9.40. The molecule has 0 amide bonds. The number of hydrogen-bond donors (Lipinski definition) is 0. The molecule has 1 aliphatic carbocycles. The van der Waals surface area contributed by atoms with E-state index >= 15 is 0 Å². The average Bonchev–Trinajstić information content (AvgIpc) is 3.80. The normalized spacial score (nSPS) is 13.3. The first-order chi connectivity index (χ1) is 24.7. The Morgan fingerprint density at radius 3 is 2.31 bits per heavy atom. The van der Waals surface area contributed by atoms with Gasteiger partial charge in [0, 0.05) is 37.9 Å². The number of hydrogen-bond acceptors (Lipinski definition) is 3. The molecule has 267 valence electrons. The van der Waals surface area contributed by atoms with Gasteiger partial charge >= 0.3 is 0 Å². The number of fused-ring (bicyclic) bond motifs is 3. The van der Waals surface area contributed by atoms with Crippen molar-refractivity contribution in [3.05, 3.63) is 139 Å². The van der Waals surface area contributed by atoms with Gasteiger partial charge in [-0.1, -0.05) is 148 Å². The molecule has 0 aliphatic heterocycles. The van der Waals surface area contributed by atoms with E-state index in [1.54, 1.807) is 10.8 Å². The minimum atomic E-state index is -1.35. The third-order valence-electron chi connectivity index (χ3n) is 10.0. The minimum absolute atomic E-state index is 0. The quantitative estimate of drug-likeness (QED) is 0.113. The Morgan fingerprint density at radius 1 is 0.827 bits per heavy atom. The fourth-order valence-electron chi connectivity index (χ4n) is 7.58. The molecule has 5 heteroatoms. The SMILES string of the molecule is CC(C)Cc1ccnc(-c2[c-]cc(-c3ccccc3)c3c2oc2ccccc23)c1.C[Si](C)(C)c1cnc(-c2[c-]cccc2)cc1CC1CCCC1.[Ir]. The van der Waals surface area contributed by atoms with Gasteiger partial charge in [-0.15, -0.1) is 48.0 Å². The van der Waals surface area contributed by atoms with Crippen molar-refractivity contribution in [2.75, 3.05) is 0 Å². The van der Waals surface area contributed by atoms with Crippen molar-refractivity contribution in [1.29, 1.82) is 0 Å². The number of nitrogens with zero attached hydrogens (tertiary/aromatic N) is 2. The van der Waals surface area contributed by atoms with Crippen LogP contribution in [0.1, 0.15) is 50.7 Å². The number of benzene rings is 4. The maximum atomic E-state index is 6.35. The summed E-state index contributed by atoms with van der Waals surface area (Å²) >= 11 is 0. The Morgan fingerprint density at radius 2 is 1.58 bits per heavy atom. The van der Waals surface area contributed by atoms with Crippen LogP contribution < -0.4 is 5.19 Å². The molecular formula is C47H48IrN2OSi-2. The van der Waals surface area contributed by atoms with Crippen LogP contribution in [0.4, 0.5) is 0 Å². The molecule has 7 aromatic rings. The molecule has 0 saturated heterocycles. The van der Waals surface area contributed by atoms with Crippen LogP contribution in [-0.2, 0) is 32.9 Å². The molecule has 0 atom stereocenters. The number of rotatable bonds is 8. The zero-order chi connectivity index (χ0) is 35.4. The fourth-order valence-corrected chi connectivity index (χ4v) is 9.17. The summed E-state index contributed by atoms with van der Waals surface area (Å²) in [5.41, 5.74) is 10.9. The number of pyridine rings is 2. The van der Waals surface area contributed by atoms with Gasteiger partial charge in [0.15, 0.2) is 0 Å². The van der Waals surface area contributed by atoms with Gasteiger partial charge in [-0.05, 0) is 58.8 Å². The molecular weight excluding hydrogens is 829 g/mol. The van der Waals surface area contributed by atoms with E-state index in [2.05, 4.69) is 130 Å². The van der Waals surface area contributed by atoms with Crippen molar-refractivity contribution in [3.63, 3.8) is 0 Å². The molecule has 8 rings (SSSR count). The summed E-state index contributed by atoms with van der Waals surface area (Å²) in [6.07, 6.45) is 11.9. The molecule has 3 heterocycles. The van der Waals surface area contributed by atoms with Crippen molar-refractivity contribution < 1.29 is 24.5 Å². The Kier molecular flexibility index (Phi) is 12.1. The van der Waals surface area contributed by atoms with Crippen LogP contribution >= 0.6 is 0 Å². The van der Waals surface area contributed by atoms with Gasteiger partial charge < -0.3 is 14.4 Å². The maximum absolute atomic E-state index is 6.35. The van der Waals surface area contributed by atoms with E-state index in [4.69, 9.17) is 9.40 Å². The number of para-hydroxylation sites is 1. The van der Waals surface area contributed by atoms with Gasteiger partial charge in [-0.2, -0.15) is 0 Å². The van der Waals surface area contributed by atoms with E-state index in [1.807, 2.05) is 36.5 Å². The Hall–Kier alpha value is -4.15. The van der Waals surface area contributed by atoms with Crippen LogP contribution in [-0.4, -0.2) is 18.0 Å². The largest absolute Gasteiger partial charge is 0.501 e. The van der Waals surface area contributed by atoms with Crippen molar-refractivity contribution in [2.24, 2.45) is 11.8 Å².